The monoisotopic (exact) mass is 450 g/mol. The molecule has 0 spiro atoms. The van der Waals surface area contributed by atoms with Crippen LogP contribution in [-0.4, -0.2) is 35.3 Å². The van der Waals surface area contributed by atoms with Gasteiger partial charge in [-0.1, -0.05) is 18.2 Å². The second-order valence-electron chi connectivity index (χ2n) is 7.92. The van der Waals surface area contributed by atoms with E-state index >= 15 is 0 Å². The molecule has 1 aliphatic rings. The molecule has 0 saturated heterocycles. The molecule has 168 valence electrons. The van der Waals surface area contributed by atoms with Gasteiger partial charge in [-0.25, -0.2) is 18.4 Å². The lowest BCUT2D eigenvalue weighted by molar-refractivity contribution is 0.0556. The molecule has 1 aliphatic heterocycles. The summed E-state index contributed by atoms with van der Waals surface area (Å²) in [5, 5.41) is 1.05. The van der Waals surface area contributed by atoms with Crippen molar-refractivity contribution in [3.05, 3.63) is 82.2 Å². The quantitative estimate of drug-likeness (QED) is 0.381. The van der Waals surface area contributed by atoms with Crippen molar-refractivity contribution in [3.63, 3.8) is 0 Å². The first-order valence-electron chi connectivity index (χ1n) is 10.3. The Morgan fingerprint density at radius 2 is 1.61 bits per heavy atom. The summed E-state index contributed by atoms with van der Waals surface area (Å²) in [6.07, 6.45) is 0.356. The van der Waals surface area contributed by atoms with E-state index in [1.54, 1.807) is 4.57 Å². The predicted molar refractivity (Wildman–Crippen MR) is 117 cm³/mol. The van der Waals surface area contributed by atoms with Crippen molar-refractivity contribution >= 4 is 22.8 Å². The Morgan fingerprint density at radius 1 is 0.909 bits per heavy atom. The topological polar surface area (TPSA) is 62.5 Å². The van der Waals surface area contributed by atoms with Crippen LogP contribution in [0.15, 0.2) is 42.5 Å². The number of hydrogen-bond donors (Lipinski definition) is 0. The summed E-state index contributed by atoms with van der Waals surface area (Å²) in [5.74, 6) is -3.52. The van der Waals surface area contributed by atoms with Gasteiger partial charge < -0.3 is 18.6 Å². The first-order valence-corrected chi connectivity index (χ1v) is 10.3. The molecular formula is C25H20F2N2O4. The van der Waals surface area contributed by atoms with Crippen LogP contribution in [-0.2, 0) is 29.5 Å². The van der Waals surface area contributed by atoms with E-state index in [9.17, 15) is 18.4 Å². The van der Waals surface area contributed by atoms with Crippen LogP contribution >= 0.6 is 0 Å². The van der Waals surface area contributed by atoms with Gasteiger partial charge in [0, 0.05) is 41.3 Å². The Morgan fingerprint density at radius 3 is 2.30 bits per heavy atom. The standard InChI is InChI=1S/C25H20F2N2O4/c1-28-18-7-5-4-6-14(18)15-11-19-21(24(30)32-2)22(25(31)33-3)23(29(19)12-20(15)28)13-8-9-16(26)17(27)10-13/h4-10H,11-12H2,1-3H3. The summed E-state index contributed by atoms with van der Waals surface area (Å²) >= 11 is 0. The number of nitrogens with zero attached hydrogens (tertiary/aromatic N) is 2. The van der Waals surface area contributed by atoms with Crippen molar-refractivity contribution in [2.45, 2.75) is 13.0 Å². The Hall–Kier alpha value is -3.94. The van der Waals surface area contributed by atoms with Crippen molar-refractivity contribution in [1.82, 2.24) is 9.13 Å². The van der Waals surface area contributed by atoms with Gasteiger partial charge in [-0.3, -0.25) is 0 Å². The SMILES string of the molecule is COC(=O)c1c(C(=O)OC)c(-c2ccc(F)c(F)c2)n2c1Cc1c(n(C)c3ccccc13)C2. The van der Waals surface area contributed by atoms with E-state index in [0.717, 1.165) is 34.3 Å². The molecule has 2 aromatic heterocycles. The molecule has 0 N–H and O–H groups in total. The number of esters is 2. The van der Waals surface area contributed by atoms with Crippen LogP contribution in [0.25, 0.3) is 22.2 Å². The van der Waals surface area contributed by atoms with Crippen molar-refractivity contribution in [2.24, 2.45) is 7.05 Å². The van der Waals surface area contributed by atoms with Gasteiger partial charge in [0.05, 0.1) is 32.0 Å². The summed E-state index contributed by atoms with van der Waals surface area (Å²) in [6, 6.07) is 11.3. The first kappa shape index (κ1) is 20.9. The average Bonchev–Trinajstić information content (AvgIpc) is 3.31. The highest BCUT2D eigenvalue weighted by Gasteiger charge is 2.36. The van der Waals surface area contributed by atoms with E-state index in [2.05, 4.69) is 4.57 Å². The van der Waals surface area contributed by atoms with Crippen LogP contribution in [0.2, 0.25) is 0 Å². The van der Waals surface area contributed by atoms with Gasteiger partial charge in [-0.15, -0.1) is 0 Å². The highest BCUT2D eigenvalue weighted by molar-refractivity contribution is 6.09. The fraction of sp³-hybridized carbons (Fsp3) is 0.200. The molecule has 0 unspecified atom stereocenters. The van der Waals surface area contributed by atoms with Crippen LogP contribution in [0.5, 0.6) is 0 Å². The van der Waals surface area contributed by atoms with Gasteiger partial charge in [0.1, 0.15) is 5.56 Å². The van der Waals surface area contributed by atoms with E-state index in [0.29, 0.717) is 18.7 Å². The van der Waals surface area contributed by atoms with Gasteiger partial charge in [0.2, 0.25) is 0 Å². The normalized spacial score (nSPS) is 12.4. The lowest BCUT2D eigenvalue weighted by Crippen LogP contribution is -2.18. The minimum absolute atomic E-state index is 0.0255. The molecule has 0 radical (unpaired) electrons. The van der Waals surface area contributed by atoms with Crippen molar-refractivity contribution < 1.29 is 27.8 Å². The van der Waals surface area contributed by atoms with Crippen LogP contribution in [0, 0.1) is 11.6 Å². The zero-order valence-corrected chi connectivity index (χ0v) is 18.2. The third-order valence-electron chi connectivity index (χ3n) is 6.34. The number of carbonyl (C=O) groups excluding carboxylic acids is 2. The zero-order valence-electron chi connectivity index (χ0n) is 18.2. The van der Waals surface area contributed by atoms with E-state index in [4.69, 9.17) is 9.47 Å². The van der Waals surface area contributed by atoms with Gasteiger partial charge >= 0.3 is 11.9 Å². The number of ether oxygens (including phenoxy) is 2. The molecule has 8 heteroatoms. The Labute approximate surface area is 187 Å². The largest absolute Gasteiger partial charge is 0.465 e. The Kier molecular flexibility index (Phi) is 4.81. The smallest absolute Gasteiger partial charge is 0.340 e. The summed E-state index contributed by atoms with van der Waals surface area (Å²) in [5.41, 5.74) is 4.22. The molecule has 2 aromatic carbocycles. The highest BCUT2D eigenvalue weighted by Crippen LogP contribution is 2.40. The summed E-state index contributed by atoms with van der Waals surface area (Å²) < 4.78 is 41.7. The molecule has 0 fully saturated rings. The van der Waals surface area contributed by atoms with E-state index in [1.165, 1.54) is 20.3 Å². The number of rotatable bonds is 3. The maximum Gasteiger partial charge on any atom is 0.340 e. The summed E-state index contributed by atoms with van der Waals surface area (Å²) in [4.78, 5) is 25.8. The Balaban J connectivity index is 1.85. The second-order valence-corrected chi connectivity index (χ2v) is 7.92. The number of aromatic nitrogens is 2. The summed E-state index contributed by atoms with van der Waals surface area (Å²) in [7, 11) is 4.39. The molecular weight excluding hydrogens is 430 g/mol. The molecule has 6 nitrogen and oxygen atoms in total. The Bertz CT molecular complexity index is 1470. The predicted octanol–water partition coefficient (Wildman–Crippen LogP) is 4.45. The van der Waals surface area contributed by atoms with Crippen LogP contribution in [0.4, 0.5) is 8.78 Å². The van der Waals surface area contributed by atoms with E-state index in [-0.39, 0.29) is 22.4 Å². The molecule has 0 aliphatic carbocycles. The number of halogens is 2. The zero-order chi connectivity index (χ0) is 23.4. The molecule has 0 atom stereocenters. The van der Waals surface area contributed by atoms with Gasteiger partial charge in [-0.05, 0) is 29.8 Å². The van der Waals surface area contributed by atoms with E-state index in [1.807, 2.05) is 31.3 Å². The third-order valence-corrected chi connectivity index (χ3v) is 6.34. The number of para-hydroxylation sites is 1. The lowest BCUT2D eigenvalue weighted by atomic mass is 9.99. The highest BCUT2D eigenvalue weighted by atomic mass is 19.2. The molecule has 4 aromatic rings. The minimum Gasteiger partial charge on any atom is -0.465 e. The van der Waals surface area contributed by atoms with Crippen LogP contribution in [0.1, 0.15) is 37.7 Å². The first-order chi connectivity index (χ1) is 15.9. The third kappa shape index (κ3) is 2.97. The molecule has 3 heterocycles. The number of fused-ring (bicyclic) bond motifs is 4. The molecule has 5 rings (SSSR count). The number of aryl methyl sites for hydroxylation is 1. The number of benzene rings is 2. The fourth-order valence-corrected chi connectivity index (χ4v) is 4.83. The maximum absolute atomic E-state index is 14.2. The van der Waals surface area contributed by atoms with Crippen LogP contribution < -0.4 is 0 Å². The summed E-state index contributed by atoms with van der Waals surface area (Å²) in [6.45, 7) is 0.325. The van der Waals surface area contributed by atoms with Crippen molar-refractivity contribution in [2.75, 3.05) is 14.2 Å². The number of methoxy groups -OCH3 is 2. The molecule has 0 saturated carbocycles. The van der Waals surface area contributed by atoms with Crippen molar-refractivity contribution in [3.8, 4) is 11.3 Å². The molecule has 0 amide bonds. The maximum atomic E-state index is 14.2. The van der Waals surface area contributed by atoms with Gasteiger partial charge in [-0.2, -0.15) is 0 Å². The van der Waals surface area contributed by atoms with E-state index < -0.39 is 23.6 Å². The fourth-order valence-electron chi connectivity index (χ4n) is 4.83. The lowest BCUT2D eigenvalue weighted by Gasteiger charge is -2.21. The number of hydrogen-bond acceptors (Lipinski definition) is 4. The minimum atomic E-state index is -1.06. The van der Waals surface area contributed by atoms with Crippen LogP contribution in [0.3, 0.4) is 0 Å². The molecule has 33 heavy (non-hydrogen) atoms. The number of carbonyl (C=O) groups is 2. The van der Waals surface area contributed by atoms with Gasteiger partial charge in [0.15, 0.2) is 11.6 Å². The second kappa shape index (κ2) is 7.58. The van der Waals surface area contributed by atoms with Gasteiger partial charge in [0.25, 0.3) is 0 Å². The molecule has 0 bridgehead atoms. The van der Waals surface area contributed by atoms with Crippen molar-refractivity contribution in [1.29, 1.82) is 0 Å². The average molecular weight is 450 g/mol.